The lowest BCUT2D eigenvalue weighted by Gasteiger charge is -2.29. The second-order valence-corrected chi connectivity index (χ2v) is 6.30. The first-order chi connectivity index (χ1) is 13.9. The van der Waals surface area contributed by atoms with Crippen molar-refractivity contribution < 1.29 is 28.2 Å². The van der Waals surface area contributed by atoms with Gasteiger partial charge in [0.1, 0.15) is 17.3 Å². The summed E-state index contributed by atoms with van der Waals surface area (Å²) in [5, 5.41) is 0. The van der Waals surface area contributed by atoms with E-state index in [0.717, 1.165) is 0 Å². The Kier molecular flexibility index (Phi) is 6.28. The number of fused-ring (bicyclic) bond motifs is 1. The molecule has 1 aliphatic heterocycles. The van der Waals surface area contributed by atoms with Crippen LogP contribution in [0.2, 0.25) is 0 Å². The molecule has 2 aromatic rings. The largest absolute Gasteiger partial charge is 0.482 e. The Morgan fingerprint density at radius 2 is 1.90 bits per heavy atom. The summed E-state index contributed by atoms with van der Waals surface area (Å²) < 4.78 is 23.6. The normalized spacial score (nSPS) is 13.7. The standard InChI is InChI=1S/C20H20FN3O5/c1-13(29-15-8-6-14(21)7-9-15)20(27)23-22-18(25)10-11-24-16-4-2-3-5-17(16)28-12-19(24)26/h2-9,13H,10-12H2,1H3,(H,22,25)(H,23,27). The number of nitrogens with zero attached hydrogens (tertiary/aromatic N) is 1. The third kappa shape index (κ3) is 5.22. The van der Waals surface area contributed by atoms with Crippen LogP contribution in [0.25, 0.3) is 0 Å². The number of hydrogen-bond donors (Lipinski definition) is 2. The summed E-state index contributed by atoms with van der Waals surface area (Å²) in [7, 11) is 0. The van der Waals surface area contributed by atoms with Gasteiger partial charge in [0.15, 0.2) is 12.7 Å². The lowest BCUT2D eigenvalue weighted by molar-refractivity contribution is -0.132. The van der Waals surface area contributed by atoms with Gasteiger partial charge in [0.05, 0.1) is 5.69 Å². The van der Waals surface area contributed by atoms with E-state index in [1.807, 2.05) is 0 Å². The summed E-state index contributed by atoms with van der Waals surface area (Å²) in [6, 6.07) is 12.3. The summed E-state index contributed by atoms with van der Waals surface area (Å²) in [4.78, 5) is 37.6. The Bertz CT molecular complexity index is 903. The quantitative estimate of drug-likeness (QED) is 0.716. The molecule has 0 fully saturated rings. The van der Waals surface area contributed by atoms with Crippen molar-refractivity contribution in [2.24, 2.45) is 0 Å². The SMILES string of the molecule is CC(Oc1ccc(F)cc1)C(=O)NNC(=O)CCN1C(=O)COc2ccccc21. The van der Waals surface area contributed by atoms with Crippen molar-refractivity contribution >= 4 is 23.4 Å². The van der Waals surface area contributed by atoms with Crippen molar-refractivity contribution in [2.75, 3.05) is 18.1 Å². The third-order valence-electron chi connectivity index (χ3n) is 4.19. The Balaban J connectivity index is 1.45. The van der Waals surface area contributed by atoms with Gasteiger partial charge in [0, 0.05) is 13.0 Å². The molecule has 0 aromatic heterocycles. The molecule has 3 rings (SSSR count). The number of hydrazine groups is 1. The molecule has 1 heterocycles. The molecule has 1 atom stereocenters. The molecule has 1 unspecified atom stereocenters. The summed E-state index contributed by atoms with van der Waals surface area (Å²) >= 11 is 0. The molecule has 0 aliphatic carbocycles. The van der Waals surface area contributed by atoms with Crippen LogP contribution in [0.15, 0.2) is 48.5 Å². The van der Waals surface area contributed by atoms with E-state index in [9.17, 15) is 18.8 Å². The number of ether oxygens (including phenoxy) is 2. The average Bonchev–Trinajstić information content (AvgIpc) is 2.72. The highest BCUT2D eigenvalue weighted by molar-refractivity contribution is 5.98. The highest BCUT2D eigenvalue weighted by Gasteiger charge is 2.25. The highest BCUT2D eigenvalue weighted by Crippen LogP contribution is 2.31. The number of carbonyl (C=O) groups excluding carboxylic acids is 3. The van der Waals surface area contributed by atoms with Gasteiger partial charge in [-0.25, -0.2) is 4.39 Å². The van der Waals surface area contributed by atoms with Gasteiger partial charge in [-0.1, -0.05) is 12.1 Å². The number of hydrogen-bond acceptors (Lipinski definition) is 5. The number of nitrogens with one attached hydrogen (secondary N) is 2. The van der Waals surface area contributed by atoms with Crippen LogP contribution in [-0.2, 0) is 14.4 Å². The molecule has 0 saturated carbocycles. The number of benzene rings is 2. The minimum atomic E-state index is -0.909. The van der Waals surface area contributed by atoms with E-state index in [1.54, 1.807) is 24.3 Å². The third-order valence-corrected chi connectivity index (χ3v) is 4.19. The highest BCUT2D eigenvalue weighted by atomic mass is 19.1. The zero-order valence-electron chi connectivity index (χ0n) is 15.7. The van der Waals surface area contributed by atoms with Crippen LogP contribution in [-0.4, -0.2) is 37.0 Å². The molecule has 152 valence electrons. The Labute approximate surface area is 166 Å². The minimum absolute atomic E-state index is 0.0203. The maximum atomic E-state index is 12.9. The van der Waals surface area contributed by atoms with E-state index in [0.29, 0.717) is 17.2 Å². The first kappa shape index (κ1) is 20.1. The summed E-state index contributed by atoms with van der Waals surface area (Å²) in [5.41, 5.74) is 5.15. The van der Waals surface area contributed by atoms with E-state index in [1.165, 1.54) is 36.1 Å². The second-order valence-electron chi connectivity index (χ2n) is 6.30. The first-order valence-corrected chi connectivity index (χ1v) is 8.97. The summed E-state index contributed by atoms with van der Waals surface area (Å²) in [6.45, 7) is 1.55. The Morgan fingerprint density at radius 3 is 2.66 bits per heavy atom. The van der Waals surface area contributed by atoms with Gasteiger partial charge in [-0.05, 0) is 43.3 Å². The van der Waals surface area contributed by atoms with Gasteiger partial charge in [-0.2, -0.15) is 0 Å². The van der Waals surface area contributed by atoms with Crippen LogP contribution >= 0.6 is 0 Å². The van der Waals surface area contributed by atoms with E-state index in [4.69, 9.17) is 9.47 Å². The number of para-hydroxylation sites is 2. The molecule has 1 aliphatic rings. The molecule has 9 heteroatoms. The number of carbonyl (C=O) groups is 3. The number of anilines is 1. The van der Waals surface area contributed by atoms with Gasteiger partial charge < -0.3 is 14.4 Å². The van der Waals surface area contributed by atoms with Crippen LogP contribution in [0.4, 0.5) is 10.1 Å². The molecule has 29 heavy (non-hydrogen) atoms. The average molecular weight is 401 g/mol. The van der Waals surface area contributed by atoms with Gasteiger partial charge in [-0.15, -0.1) is 0 Å². The fraction of sp³-hybridized carbons (Fsp3) is 0.250. The molecule has 2 aromatic carbocycles. The van der Waals surface area contributed by atoms with Crippen LogP contribution < -0.4 is 25.2 Å². The lowest BCUT2D eigenvalue weighted by atomic mass is 10.2. The Hall–Kier alpha value is -3.62. The molecule has 8 nitrogen and oxygen atoms in total. The van der Waals surface area contributed by atoms with Crippen molar-refractivity contribution in [1.29, 1.82) is 0 Å². The van der Waals surface area contributed by atoms with Crippen LogP contribution in [0.3, 0.4) is 0 Å². The van der Waals surface area contributed by atoms with E-state index < -0.39 is 23.7 Å². The number of halogens is 1. The molecule has 0 saturated heterocycles. The molecule has 0 spiro atoms. The summed E-state index contributed by atoms with van der Waals surface area (Å²) in [6.07, 6.45) is -0.929. The fourth-order valence-electron chi connectivity index (χ4n) is 2.68. The zero-order chi connectivity index (χ0) is 20.8. The molecule has 2 N–H and O–H groups in total. The maximum Gasteiger partial charge on any atom is 0.279 e. The maximum absolute atomic E-state index is 12.9. The number of amides is 3. The zero-order valence-corrected chi connectivity index (χ0v) is 15.7. The van der Waals surface area contributed by atoms with Crippen LogP contribution in [0.1, 0.15) is 13.3 Å². The molecular weight excluding hydrogens is 381 g/mol. The van der Waals surface area contributed by atoms with Gasteiger partial charge in [0.2, 0.25) is 5.91 Å². The van der Waals surface area contributed by atoms with Crippen molar-refractivity contribution in [1.82, 2.24) is 10.9 Å². The topological polar surface area (TPSA) is 97.0 Å². The predicted octanol–water partition coefficient (Wildman–Crippen LogP) is 1.56. The number of rotatable bonds is 6. The molecule has 3 amide bonds. The second kappa shape index (κ2) is 9.05. The Morgan fingerprint density at radius 1 is 1.17 bits per heavy atom. The van der Waals surface area contributed by atoms with Gasteiger partial charge >= 0.3 is 0 Å². The van der Waals surface area contributed by atoms with E-state index >= 15 is 0 Å². The summed E-state index contributed by atoms with van der Waals surface area (Å²) in [5.74, 6) is -0.804. The fourth-order valence-corrected chi connectivity index (χ4v) is 2.68. The van der Waals surface area contributed by atoms with Gasteiger partial charge in [0.25, 0.3) is 11.8 Å². The van der Waals surface area contributed by atoms with Gasteiger partial charge in [-0.3, -0.25) is 25.2 Å². The van der Waals surface area contributed by atoms with E-state index in [2.05, 4.69) is 10.9 Å². The minimum Gasteiger partial charge on any atom is -0.482 e. The van der Waals surface area contributed by atoms with Crippen molar-refractivity contribution in [3.8, 4) is 11.5 Å². The van der Waals surface area contributed by atoms with Crippen LogP contribution in [0, 0.1) is 5.82 Å². The first-order valence-electron chi connectivity index (χ1n) is 8.97. The molecular formula is C20H20FN3O5. The van der Waals surface area contributed by atoms with Crippen molar-refractivity contribution in [3.63, 3.8) is 0 Å². The van der Waals surface area contributed by atoms with Crippen LogP contribution in [0.5, 0.6) is 11.5 Å². The van der Waals surface area contributed by atoms with Crippen molar-refractivity contribution in [2.45, 2.75) is 19.4 Å². The lowest BCUT2D eigenvalue weighted by Crippen LogP contribution is -2.48. The monoisotopic (exact) mass is 401 g/mol. The molecule has 0 radical (unpaired) electrons. The predicted molar refractivity (Wildman–Crippen MR) is 102 cm³/mol. The molecule has 0 bridgehead atoms. The van der Waals surface area contributed by atoms with Crippen molar-refractivity contribution in [3.05, 3.63) is 54.3 Å². The van der Waals surface area contributed by atoms with E-state index in [-0.39, 0.29) is 25.5 Å². The smallest absolute Gasteiger partial charge is 0.279 e.